The molecule has 3 fully saturated rings. The summed E-state index contributed by atoms with van der Waals surface area (Å²) < 4.78 is 5.62. The van der Waals surface area contributed by atoms with Crippen molar-refractivity contribution < 1.29 is 14.6 Å². The molecule has 3 atom stereocenters. The number of carboxylic acid groups (broad SMARTS) is 1. The van der Waals surface area contributed by atoms with Crippen molar-refractivity contribution in [2.75, 3.05) is 0 Å². The number of rotatable bonds is 1. The van der Waals surface area contributed by atoms with Crippen molar-refractivity contribution in [2.24, 2.45) is 5.92 Å². The van der Waals surface area contributed by atoms with E-state index in [1.54, 1.807) is 0 Å². The van der Waals surface area contributed by atoms with E-state index in [9.17, 15) is 4.79 Å². The first-order chi connectivity index (χ1) is 6.73. The van der Waals surface area contributed by atoms with E-state index in [4.69, 9.17) is 9.84 Å². The second-order valence-electron chi connectivity index (χ2n) is 3.94. The minimum atomic E-state index is -0.752. The minimum Gasteiger partial charge on any atom is -0.481 e. The van der Waals surface area contributed by atoms with Crippen LogP contribution in [0.2, 0.25) is 0 Å². The molecule has 1 saturated carbocycles. The van der Waals surface area contributed by atoms with Gasteiger partial charge < -0.3 is 9.84 Å². The lowest BCUT2D eigenvalue weighted by Crippen LogP contribution is -2.44. The highest BCUT2D eigenvalue weighted by Gasteiger charge is 2.62. The molecule has 1 N–H and O–H groups in total. The Hall–Kier alpha value is -1.35. The first-order valence-corrected chi connectivity index (χ1v) is 4.70. The summed E-state index contributed by atoms with van der Waals surface area (Å²) in [6, 6.07) is 0. The SMILES string of the molecule is O=C(O)C1C[C@]23C=CC=CC=C2[C@@H]1O3. The highest BCUT2D eigenvalue weighted by atomic mass is 16.5. The monoisotopic (exact) mass is 190 g/mol. The zero-order chi connectivity index (χ0) is 9.76. The van der Waals surface area contributed by atoms with Crippen molar-refractivity contribution in [1.29, 1.82) is 0 Å². The Morgan fingerprint density at radius 1 is 1.50 bits per heavy atom. The van der Waals surface area contributed by atoms with E-state index >= 15 is 0 Å². The number of aliphatic carboxylic acids is 1. The lowest BCUT2D eigenvalue weighted by atomic mass is 9.90. The van der Waals surface area contributed by atoms with Gasteiger partial charge in [-0.25, -0.2) is 0 Å². The molecule has 1 spiro atoms. The molecule has 2 saturated heterocycles. The highest BCUT2D eigenvalue weighted by molar-refractivity contribution is 5.75. The van der Waals surface area contributed by atoms with E-state index in [0.717, 1.165) is 5.57 Å². The van der Waals surface area contributed by atoms with Crippen molar-refractivity contribution in [3.8, 4) is 0 Å². The summed E-state index contributed by atoms with van der Waals surface area (Å²) in [5, 5.41) is 8.97. The maximum atomic E-state index is 10.9. The maximum absolute atomic E-state index is 10.9. The van der Waals surface area contributed by atoms with Gasteiger partial charge in [-0.2, -0.15) is 0 Å². The Kier molecular flexibility index (Phi) is 1.35. The van der Waals surface area contributed by atoms with Crippen molar-refractivity contribution in [3.05, 3.63) is 36.0 Å². The third kappa shape index (κ3) is 0.780. The van der Waals surface area contributed by atoms with Crippen LogP contribution in [0.25, 0.3) is 0 Å². The van der Waals surface area contributed by atoms with E-state index in [2.05, 4.69) is 0 Å². The van der Waals surface area contributed by atoms with Gasteiger partial charge in [-0.1, -0.05) is 24.3 Å². The van der Waals surface area contributed by atoms with Crippen molar-refractivity contribution in [2.45, 2.75) is 18.1 Å². The van der Waals surface area contributed by atoms with Gasteiger partial charge in [0.2, 0.25) is 0 Å². The van der Waals surface area contributed by atoms with Gasteiger partial charge in [-0.15, -0.1) is 0 Å². The quantitative estimate of drug-likeness (QED) is 0.677. The molecule has 0 aromatic carbocycles. The Morgan fingerprint density at radius 2 is 2.36 bits per heavy atom. The van der Waals surface area contributed by atoms with Gasteiger partial charge in [0.05, 0.1) is 12.0 Å². The Bertz CT molecular complexity index is 391. The van der Waals surface area contributed by atoms with Crippen LogP contribution < -0.4 is 0 Å². The average Bonchev–Trinajstić information content (AvgIpc) is 2.60. The van der Waals surface area contributed by atoms with Crippen LogP contribution in [0.3, 0.4) is 0 Å². The normalized spacial score (nSPS) is 42.4. The summed E-state index contributed by atoms with van der Waals surface area (Å²) in [6.45, 7) is 0. The van der Waals surface area contributed by atoms with E-state index in [1.165, 1.54) is 0 Å². The Morgan fingerprint density at radius 3 is 3.14 bits per heavy atom. The molecule has 1 unspecified atom stereocenters. The molecule has 2 heterocycles. The Balaban J connectivity index is 2.02. The van der Waals surface area contributed by atoms with Crippen molar-refractivity contribution >= 4 is 5.97 Å². The molecule has 2 aliphatic heterocycles. The zero-order valence-corrected chi connectivity index (χ0v) is 7.51. The van der Waals surface area contributed by atoms with Gasteiger partial charge >= 0.3 is 5.97 Å². The summed E-state index contributed by atoms with van der Waals surface area (Å²) in [7, 11) is 0. The van der Waals surface area contributed by atoms with Crippen LogP contribution in [0, 0.1) is 5.92 Å². The first kappa shape index (κ1) is 8.00. The van der Waals surface area contributed by atoms with E-state index < -0.39 is 11.6 Å². The predicted octanol–water partition coefficient (Wildman–Crippen LogP) is 1.28. The van der Waals surface area contributed by atoms with Crippen molar-refractivity contribution in [3.63, 3.8) is 0 Å². The second kappa shape index (κ2) is 2.36. The molecule has 0 aromatic heterocycles. The summed E-state index contributed by atoms with van der Waals surface area (Å²) >= 11 is 0. The summed E-state index contributed by atoms with van der Waals surface area (Å²) in [5.41, 5.74) is 0.729. The molecule has 14 heavy (non-hydrogen) atoms. The Labute approximate surface area is 81.4 Å². The predicted molar refractivity (Wildman–Crippen MR) is 49.7 cm³/mol. The lowest BCUT2D eigenvalue weighted by Gasteiger charge is -2.39. The number of carboxylic acids is 1. The van der Waals surface area contributed by atoms with Crippen LogP contribution in [-0.2, 0) is 9.53 Å². The third-order valence-corrected chi connectivity index (χ3v) is 3.20. The lowest BCUT2D eigenvalue weighted by molar-refractivity contribution is -0.144. The first-order valence-electron chi connectivity index (χ1n) is 4.70. The van der Waals surface area contributed by atoms with Gasteiger partial charge in [-0.3, -0.25) is 4.79 Å². The van der Waals surface area contributed by atoms with Gasteiger partial charge in [0.25, 0.3) is 0 Å². The molecule has 4 rings (SSSR count). The van der Waals surface area contributed by atoms with E-state index in [0.29, 0.717) is 6.42 Å². The second-order valence-corrected chi connectivity index (χ2v) is 3.94. The molecule has 2 aliphatic carbocycles. The number of hydrogen-bond acceptors (Lipinski definition) is 2. The van der Waals surface area contributed by atoms with Crippen LogP contribution in [-0.4, -0.2) is 22.8 Å². The van der Waals surface area contributed by atoms with Gasteiger partial charge in [-0.05, 0) is 11.6 Å². The van der Waals surface area contributed by atoms with Crippen LogP contribution in [0.1, 0.15) is 6.42 Å². The fourth-order valence-electron chi connectivity index (χ4n) is 2.53. The van der Waals surface area contributed by atoms with Gasteiger partial charge in [0.15, 0.2) is 0 Å². The molecular formula is C11H10O3. The molecule has 3 nitrogen and oxygen atoms in total. The van der Waals surface area contributed by atoms with Gasteiger partial charge in [0, 0.05) is 6.42 Å². The van der Waals surface area contributed by atoms with E-state index in [-0.39, 0.29) is 12.0 Å². The molecule has 0 radical (unpaired) electrons. The number of carbonyl (C=O) groups is 1. The standard InChI is InChI=1S/C11H10O3/c12-10(13)7-6-11-5-3-1-2-4-8(11)9(7)14-11/h1-5,7,9H,6H2,(H,12,13)/t7?,9-,11-/m1/s1. The highest BCUT2D eigenvalue weighted by Crippen LogP contribution is 2.56. The number of allylic oxidation sites excluding steroid dienone is 4. The van der Waals surface area contributed by atoms with Crippen molar-refractivity contribution in [1.82, 2.24) is 0 Å². The summed E-state index contributed by atoms with van der Waals surface area (Å²) in [6.07, 6.45) is 10.1. The fraction of sp³-hybridized carbons (Fsp3) is 0.364. The number of ether oxygens (including phenoxy) is 1. The van der Waals surface area contributed by atoms with Gasteiger partial charge in [0.1, 0.15) is 5.60 Å². The zero-order valence-electron chi connectivity index (χ0n) is 7.51. The molecular weight excluding hydrogens is 180 g/mol. The summed E-state index contributed by atoms with van der Waals surface area (Å²) in [5.74, 6) is -1.12. The van der Waals surface area contributed by atoms with Crippen LogP contribution >= 0.6 is 0 Å². The third-order valence-electron chi connectivity index (χ3n) is 3.20. The van der Waals surface area contributed by atoms with E-state index in [1.807, 2.05) is 30.4 Å². The van der Waals surface area contributed by atoms with Crippen LogP contribution in [0.15, 0.2) is 36.0 Å². The topological polar surface area (TPSA) is 46.5 Å². The summed E-state index contributed by atoms with van der Waals surface area (Å²) in [4.78, 5) is 10.9. The number of hydrogen-bond donors (Lipinski definition) is 1. The molecule has 4 aliphatic rings. The maximum Gasteiger partial charge on any atom is 0.309 e. The molecule has 3 heteroatoms. The molecule has 72 valence electrons. The molecule has 2 bridgehead atoms. The van der Waals surface area contributed by atoms with Crippen LogP contribution in [0.5, 0.6) is 0 Å². The fourth-order valence-corrected chi connectivity index (χ4v) is 2.53. The van der Waals surface area contributed by atoms with Crippen LogP contribution in [0.4, 0.5) is 0 Å². The minimum absolute atomic E-state index is 0.195. The molecule has 0 aromatic rings. The average molecular weight is 190 g/mol. The number of fused-ring (bicyclic) bond motifs is 1. The largest absolute Gasteiger partial charge is 0.481 e. The smallest absolute Gasteiger partial charge is 0.309 e. The molecule has 0 amide bonds.